The molecule has 0 aliphatic heterocycles. The van der Waals surface area contributed by atoms with E-state index in [-0.39, 0.29) is 0 Å². The molecule has 0 aliphatic carbocycles. The molecule has 4 heteroatoms. The van der Waals surface area contributed by atoms with Crippen molar-refractivity contribution in [1.82, 2.24) is 19.5 Å². The number of benzene rings is 9. The van der Waals surface area contributed by atoms with Crippen molar-refractivity contribution < 1.29 is 0 Å². The first-order valence-electron chi connectivity index (χ1n) is 21.3. The summed E-state index contributed by atoms with van der Waals surface area (Å²) in [6.45, 7) is 0. The van der Waals surface area contributed by atoms with Gasteiger partial charge in [-0.3, -0.25) is 0 Å². The first-order chi connectivity index (χ1) is 31.2. The van der Waals surface area contributed by atoms with Gasteiger partial charge in [-0.1, -0.05) is 182 Å². The van der Waals surface area contributed by atoms with Crippen LogP contribution in [-0.4, -0.2) is 19.5 Å². The van der Waals surface area contributed by atoms with Gasteiger partial charge in [-0.05, 0) is 76.2 Å². The molecule has 0 saturated carbocycles. The van der Waals surface area contributed by atoms with Gasteiger partial charge in [0.1, 0.15) is 0 Å². The van der Waals surface area contributed by atoms with Gasteiger partial charge in [0, 0.05) is 49.5 Å². The van der Waals surface area contributed by atoms with Crippen molar-refractivity contribution in [2.24, 2.45) is 0 Å². The Balaban J connectivity index is 0.987. The summed E-state index contributed by atoms with van der Waals surface area (Å²) in [5.41, 5.74) is 15.9. The van der Waals surface area contributed by atoms with Crippen LogP contribution in [-0.2, 0) is 0 Å². The Morgan fingerprint density at radius 1 is 0.270 bits per heavy atom. The fourth-order valence-corrected chi connectivity index (χ4v) is 9.10. The number of aromatic nitrogens is 4. The first-order valence-corrected chi connectivity index (χ1v) is 21.3. The van der Waals surface area contributed by atoms with Crippen LogP contribution in [0.3, 0.4) is 0 Å². The second kappa shape index (κ2) is 15.2. The van der Waals surface area contributed by atoms with E-state index in [0.717, 1.165) is 94.6 Å². The Morgan fingerprint density at radius 2 is 0.778 bits per heavy atom. The monoisotopic (exact) mass is 802 g/mol. The molecule has 0 unspecified atom stereocenters. The summed E-state index contributed by atoms with van der Waals surface area (Å²) >= 11 is 0. The fourth-order valence-electron chi connectivity index (χ4n) is 9.10. The summed E-state index contributed by atoms with van der Waals surface area (Å²) < 4.78 is 2.39. The second-order valence-corrected chi connectivity index (χ2v) is 16.0. The van der Waals surface area contributed by atoms with Crippen LogP contribution in [0.25, 0.3) is 117 Å². The van der Waals surface area contributed by atoms with Gasteiger partial charge < -0.3 is 4.57 Å². The predicted octanol–water partition coefficient (Wildman–Crippen LogP) is 15.3. The Morgan fingerprint density at radius 3 is 1.49 bits per heavy atom. The Hall–Kier alpha value is -8.47. The molecule has 0 spiro atoms. The summed E-state index contributed by atoms with van der Waals surface area (Å²) in [7, 11) is 0. The molecule has 0 N–H and O–H groups in total. The molecule has 4 nitrogen and oxygen atoms in total. The maximum atomic E-state index is 5.38. The molecule has 0 radical (unpaired) electrons. The van der Waals surface area contributed by atoms with Gasteiger partial charge in [-0.15, -0.1) is 0 Å². The lowest BCUT2D eigenvalue weighted by Gasteiger charge is -2.12. The zero-order chi connectivity index (χ0) is 41.7. The zero-order valence-electron chi connectivity index (χ0n) is 34.2. The van der Waals surface area contributed by atoms with Crippen LogP contribution in [0.1, 0.15) is 0 Å². The van der Waals surface area contributed by atoms with E-state index < -0.39 is 0 Å². The standard InChI is InChI=1S/C59H38N4/c1-5-16-39(17-6-1)44-22-15-23-46(34-44)59-61-53(41-18-7-2-8-19-41)38-54(62-59)42-30-28-40(29-31-42)45-32-33-56-51(35-45)52-36-55-50(37-57(52)63(56)47-24-11-4-12-25-47)48-26-13-14-27-49(48)58(60-55)43-20-9-3-10-21-43/h1-38H. The summed E-state index contributed by atoms with van der Waals surface area (Å²) in [5, 5.41) is 5.83. The van der Waals surface area contributed by atoms with Gasteiger partial charge >= 0.3 is 0 Å². The van der Waals surface area contributed by atoms with Crippen LogP contribution in [0.15, 0.2) is 231 Å². The topological polar surface area (TPSA) is 43.6 Å². The first kappa shape index (κ1) is 36.4. The van der Waals surface area contributed by atoms with E-state index in [1.54, 1.807) is 0 Å². The van der Waals surface area contributed by atoms with Crippen molar-refractivity contribution in [2.45, 2.75) is 0 Å². The largest absolute Gasteiger partial charge is 0.309 e. The Kier molecular flexibility index (Phi) is 8.79. The molecule has 0 fully saturated rings. The molecule has 63 heavy (non-hydrogen) atoms. The highest BCUT2D eigenvalue weighted by atomic mass is 15.0. The molecule has 0 amide bonds. The third-order valence-electron chi connectivity index (χ3n) is 12.2. The number of hydrogen-bond donors (Lipinski definition) is 0. The van der Waals surface area contributed by atoms with Gasteiger partial charge in [0.05, 0.1) is 33.6 Å². The van der Waals surface area contributed by atoms with Crippen LogP contribution in [0.5, 0.6) is 0 Å². The molecule has 0 atom stereocenters. The summed E-state index contributed by atoms with van der Waals surface area (Å²) in [6.07, 6.45) is 0. The molecule has 0 bridgehead atoms. The van der Waals surface area contributed by atoms with Crippen molar-refractivity contribution in [3.05, 3.63) is 231 Å². The number of pyridine rings is 1. The summed E-state index contributed by atoms with van der Waals surface area (Å²) in [4.78, 5) is 15.7. The highest BCUT2D eigenvalue weighted by molar-refractivity contribution is 6.19. The van der Waals surface area contributed by atoms with E-state index in [1.165, 1.54) is 16.2 Å². The minimum Gasteiger partial charge on any atom is -0.309 e. The molecule has 9 aromatic carbocycles. The number of para-hydroxylation sites is 1. The molecule has 3 aromatic heterocycles. The van der Waals surface area contributed by atoms with Crippen LogP contribution in [0.4, 0.5) is 0 Å². The van der Waals surface area contributed by atoms with Gasteiger partial charge in [0.25, 0.3) is 0 Å². The number of fused-ring (bicyclic) bond motifs is 6. The Labute approximate surface area is 365 Å². The molecular weight excluding hydrogens is 765 g/mol. The van der Waals surface area contributed by atoms with Crippen molar-refractivity contribution in [3.63, 3.8) is 0 Å². The van der Waals surface area contributed by atoms with Gasteiger partial charge in [0.2, 0.25) is 0 Å². The maximum Gasteiger partial charge on any atom is 0.160 e. The molecule has 294 valence electrons. The SMILES string of the molecule is c1ccc(-c2cccc(-c3nc(-c4ccccc4)cc(-c4ccc(-c5ccc6c(c5)c5cc7nc(-c8ccccc8)c8ccccc8c7cc5n6-c5ccccc5)cc4)n3)c2)cc1. The summed E-state index contributed by atoms with van der Waals surface area (Å²) in [6, 6.07) is 81.5. The van der Waals surface area contributed by atoms with Crippen LogP contribution in [0, 0.1) is 0 Å². The molecule has 12 aromatic rings. The number of rotatable bonds is 7. The van der Waals surface area contributed by atoms with Gasteiger partial charge in [0.15, 0.2) is 5.82 Å². The van der Waals surface area contributed by atoms with Crippen LogP contribution in [0.2, 0.25) is 0 Å². The van der Waals surface area contributed by atoms with E-state index >= 15 is 0 Å². The van der Waals surface area contributed by atoms with Crippen molar-refractivity contribution in [3.8, 4) is 73.1 Å². The quantitative estimate of drug-likeness (QED) is 0.151. The zero-order valence-corrected chi connectivity index (χ0v) is 34.2. The maximum absolute atomic E-state index is 5.38. The molecule has 3 heterocycles. The lowest BCUT2D eigenvalue weighted by atomic mass is 9.98. The van der Waals surface area contributed by atoms with E-state index in [9.17, 15) is 0 Å². The van der Waals surface area contributed by atoms with E-state index in [4.69, 9.17) is 15.0 Å². The third kappa shape index (κ3) is 6.53. The highest BCUT2D eigenvalue weighted by Gasteiger charge is 2.18. The number of nitrogens with zero attached hydrogens (tertiary/aromatic N) is 4. The van der Waals surface area contributed by atoms with Crippen molar-refractivity contribution >= 4 is 43.5 Å². The van der Waals surface area contributed by atoms with Crippen molar-refractivity contribution in [1.29, 1.82) is 0 Å². The Bertz CT molecular complexity index is 3640. The second-order valence-electron chi connectivity index (χ2n) is 16.0. The third-order valence-corrected chi connectivity index (χ3v) is 12.2. The average molecular weight is 803 g/mol. The van der Waals surface area contributed by atoms with Gasteiger partial charge in [-0.2, -0.15) is 0 Å². The molecule has 0 saturated heterocycles. The lowest BCUT2D eigenvalue weighted by molar-refractivity contribution is 1.18. The molecule has 12 rings (SSSR count). The summed E-state index contributed by atoms with van der Waals surface area (Å²) in [5.74, 6) is 0.694. The fraction of sp³-hybridized carbons (Fsp3) is 0. The van der Waals surface area contributed by atoms with Gasteiger partial charge in [-0.25, -0.2) is 15.0 Å². The highest BCUT2D eigenvalue weighted by Crippen LogP contribution is 2.40. The van der Waals surface area contributed by atoms with Crippen LogP contribution < -0.4 is 0 Å². The number of hydrogen-bond acceptors (Lipinski definition) is 3. The van der Waals surface area contributed by atoms with E-state index in [2.05, 4.69) is 223 Å². The minimum absolute atomic E-state index is 0.694. The van der Waals surface area contributed by atoms with Crippen LogP contribution >= 0.6 is 0 Å². The molecular formula is C59H38N4. The average Bonchev–Trinajstić information content (AvgIpc) is 3.69. The van der Waals surface area contributed by atoms with E-state index in [1.807, 2.05) is 12.1 Å². The predicted molar refractivity (Wildman–Crippen MR) is 262 cm³/mol. The van der Waals surface area contributed by atoms with E-state index in [0.29, 0.717) is 5.82 Å². The lowest BCUT2D eigenvalue weighted by Crippen LogP contribution is -1.96. The van der Waals surface area contributed by atoms with Crippen molar-refractivity contribution in [2.75, 3.05) is 0 Å². The normalized spacial score (nSPS) is 11.5. The molecule has 0 aliphatic rings. The minimum atomic E-state index is 0.694. The smallest absolute Gasteiger partial charge is 0.160 e.